The van der Waals surface area contributed by atoms with Gasteiger partial charge in [-0.3, -0.25) is 4.90 Å². The highest BCUT2D eigenvalue weighted by molar-refractivity contribution is 5.73. The molecule has 0 radical (unpaired) electrons. The molecule has 17 heavy (non-hydrogen) atoms. The summed E-state index contributed by atoms with van der Waals surface area (Å²) in [4.78, 5) is 17.8. The molecule has 0 aliphatic carbocycles. The van der Waals surface area contributed by atoms with Crippen LogP contribution in [0.15, 0.2) is 0 Å². The van der Waals surface area contributed by atoms with Crippen LogP contribution >= 0.6 is 0 Å². The molecule has 1 saturated heterocycles. The van der Waals surface area contributed by atoms with Crippen molar-refractivity contribution in [2.24, 2.45) is 5.73 Å². The Morgan fingerprint density at radius 1 is 1.29 bits per heavy atom. The van der Waals surface area contributed by atoms with E-state index in [0.717, 1.165) is 45.6 Å². The Labute approximate surface area is 105 Å². The number of nitrogens with zero attached hydrogens (tertiary/aromatic N) is 3. The summed E-state index contributed by atoms with van der Waals surface area (Å²) in [5.41, 5.74) is 5.63. The lowest BCUT2D eigenvalue weighted by atomic mass is 10.1. The van der Waals surface area contributed by atoms with Crippen LogP contribution in [0, 0.1) is 0 Å². The third-order valence-electron chi connectivity index (χ3n) is 3.45. The van der Waals surface area contributed by atoms with Crippen molar-refractivity contribution in [3.8, 4) is 0 Å². The minimum Gasteiger partial charge on any atom is -0.331 e. The number of nitrogens with two attached hydrogens (primary N) is 1. The Bertz CT molecular complexity index is 237. The van der Waals surface area contributed by atoms with E-state index >= 15 is 0 Å². The number of rotatable bonds is 4. The molecule has 2 amide bonds. The van der Waals surface area contributed by atoms with Gasteiger partial charge in [0.2, 0.25) is 0 Å². The molecule has 1 heterocycles. The first kappa shape index (κ1) is 14.3. The topological polar surface area (TPSA) is 52.8 Å². The molecule has 1 aliphatic heterocycles. The molecule has 1 atom stereocenters. The van der Waals surface area contributed by atoms with E-state index in [-0.39, 0.29) is 6.03 Å². The summed E-state index contributed by atoms with van der Waals surface area (Å²) in [6.45, 7) is 6.55. The molecule has 5 heteroatoms. The second kappa shape index (κ2) is 6.81. The zero-order valence-electron chi connectivity index (χ0n) is 11.4. The van der Waals surface area contributed by atoms with E-state index in [0.29, 0.717) is 6.04 Å². The number of carbonyl (C=O) groups excluding carboxylic acids is 1. The highest BCUT2D eigenvalue weighted by Gasteiger charge is 2.25. The third-order valence-corrected chi connectivity index (χ3v) is 3.45. The molecule has 100 valence electrons. The standard InChI is InChI=1S/C12H26N4O/c1-4-11(5-6-13)15-7-9-16(10-8-15)12(17)14(2)3/h11H,4-10,13H2,1-3H3. The lowest BCUT2D eigenvalue weighted by Crippen LogP contribution is -2.54. The molecule has 0 saturated carbocycles. The average Bonchev–Trinajstić information content (AvgIpc) is 2.35. The summed E-state index contributed by atoms with van der Waals surface area (Å²) in [6.07, 6.45) is 2.19. The van der Waals surface area contributed by atoms with E-state index in [9.17, 15) is 4.79 Å². The van der Waals surface area contributed by atoms with Gasteiger partial charge < -0.3 is 15.5 Å². The fourth-order valence-electron chi connectivity index (χ4n) is 2.40. The molecule has 0 spiro atoms. The van der Waals surface area contributed by atoms with Crippen molar-refractivity contribution in [3.05, 3.63) is 0 Å². The van der Waals surface area contributed by atoms with Gasteiger partial charge in [-0.05, 0) is 19.4 Å². The van der Waals surface area contributed by atoms with Crippen LogP contribution in [0.4, 0.5) is 4.79 Å². The van der Waals surface area contributed by atoms with Crippen LogP contribution in [0.5, 0.6) is 0 Å². The Hall–Kier alpha value is -0.810. The molecule has 0 aromatic carbocycles. The van der Waals surface area contributed by atoms with E-state index in [1.54, 1.807) is 19.0 Å². The second-order valence-corrected chi connectivity index (χ2v) is 4.84. The van der Waals surface area contributed by atoms with Crippen molar-refractivity contribution < 1.29 is 4.79 Å². The Balaban J connectivity index is 2.41. The SMILES string of the molecule is CCC(CCN)N1CCN(C(=O)N(C)C)CC1. The van der Waals surface area contributed by atoms with E-state index in [1.165, 1.54) is 0 Å². The van der Waals surface area contributed by atoms with Crippen LogP contribution in [0.3, 0.4) is 0 Å². The van der Waals surface area contributed by atoms with Crippen LogP contribution in [0.1, 0.15) is 19.8 Å². The molecular weight excluding hydrogens is 216 g/mol. The van der Waals surface area contributed by atoms with E-state index < -0.39 is 0 Å². The molecule has 1 fully saturated rings. The zero-order valence-corrected chi connectivity index (χ0v) is 11.4. The first-order chi connectivity index (χ1) is 8.10. The van der Waals surface area contributed by atoms with Crippen LogP contribution in [0.2, 0.25) is 0 Å². The number of urea groups is 1. The first-order valence-corrected chi connectivity index (χ1v) is 6.50. The zero-order chi connectivity index (χ0) is 12.8. The monoisotopic (exact) mass is 242 g/mol. The highest BCUT2D eigenvalue weighted by Crippen LogP contribution is 2.12. The van der Waals surface area contributed by atoms with Crippen LogP contribution in [-0.4, -0.2) is 73.6 Å². The van der Waals surface area contributed by atoms with Gasteiger partial charge in [0.1, 0.15) is 0 Å². The van der Waals surface area contributed by atoms with E-state index in [1.807, 2.05) is 4.90 Å². The molecule has 0 aromatic rings. The van der Waals surface area contributed by atoms with Gasteiger partial charge in [-0.2, -0.15) is 0 Å². The van der Waals surface area contributed by atoms with Crippen molar-refractivity contribution in [1.29, 1.82) is 0 Å². The number of hydrogen-bond acceptors (Lipinski definition) is 3. The smallest absolute Gasteiger partial charge is 0.319 e. The Kier molecular flexibility index (Phi) is 5.71. The predicted molar refractivity (Wildman–Crippen MR) is 70.0 cm³/mol. The van der Waals surface area contributed by atoms with Crippen LogP contribution in [-0.2, 0) is 0 Å². The maximum atomic E-state index is 11.8. The summed E-state index contributed by atoms with van der Waals surface area (Å²) >= 11 is 0. The molecule has 1 unspecified atom stereocenters. The van der Waals surface area contributed by atoms with Gasteiger partial charge in [-0.15, -0.1) is 0 Å². The lowest BCUT2D eigenvalue weighted by Gasteiger charge is -2.39. The van der Waals surface area contributed by atoms with Gasteiger partial charge in [-0.25, -0.2) is 4.79 Å². The molecule has 5 nitrogen and oxygen atoms in total. The van der Waals surface area contributed by atoms with Gasteiger partial charge in [-0.1, -0.05) is 6.92 Å². The molecule has 1 rings (SSSR count). The molecule has 2 N–H and O–H groups in total. The lowest BCUT2D eigenvalue weighted by molar-refractivity contribution is 0.0934. The highest BCUT2D eigenvalue weighted by atomic mass is 16.2. The van der Waals surface area contributed by atoms with Gasteiger partial charge >= 0.3 is 6.03 Å². The third kappa shape index (κ3) is 3.85. The van der Waals surface area contributed by atoms with E-state index in [4.69, 9.17) is 5.73 Å². The quantitative estimate of drug-likeness (QED) is 0.777. The van der Waals surface area contributed by atoms with Crippen molar-refractivity contribution in [2.75, 3.05) is 46.8 Å². The maximum absolute atomic E-state index is 11.8. The number of piperazine rings is 1. The minimum absolute atomic E-state index is 0.122. The summed E-state index contributed by atoms with van der Waals surface area (Å²) < 4.78 is 0. The summed E-state index contributed by atoms with van der Waals surface area (Å²) in [5, 5.41) is 0. The van der Waals surface area contributed by atoms with Gasteiger partial charge in [0, 0.05) is 46.3 Å². The van der Waals surface area contributed by atoms with Crippen LogP contribution in [0.25, 0.3) is 0 Å². The average molecular weight is 242 g/mol. The molecule has 0 bridgehead atoms. The van der Waals surface area contributed by atoms with Crippen molar-refractivity contribution >= 4 is 6.03 Å². The van der Waals surface area contributed by atoms with Crippen molar-refractivity contribution in [2.45, 2.75) is 25.8 Å². The number of carbonyl (C=O) groups is 1. The minimum atomic E-state index is 0.122. The fourth-order valence-corrected chi connectivity index (χ4v) is 2.40. The summed E-state index contributed by atoms with van der Waals surface area (Å²) in [7, 11) is 3.61. The molecular formula is C12H26N4O. The fraction of sp³-hybridized carbons (Fsp3) is 0.917. The largest absolute Gasteiger partial charge is 0.331 e. The first-order valence-electron chi connectivity index (χ1n) is 6.50. The number of hydrogen-bond donors (Lipinski definition) is 1. The van der Waals surface area contributed by atoms with Crippen LogP contribution < -0.4 is 5.73 Å². The Morgan fingerprint density at radius 2 is 1.88 bits per heavy atom. The second-order valence-electron chi connectivity index (χ2n) is 4.84. The maximum Gasteiger partial charge on any atom is 0.319 e. The normalized spacial score (nSPS) is 19.2. The van der Waals surface area contributed by atoms with E-state index in [2.05, 4.69) is 11.8 Å². The molecule has 1 aliphatic rings. The summed E-state index contributed by atoms with van der Waals surface area (Å²) in [5.74, 6) is 0. The summed E-state index contributed by atoms with van der Waals surface area (Å²) in [6, 6.07) is 0.702. The van der Waals surface area contributed by atoms with Gasteiger partial charge in [0.25, 0.3) is 0 Å². The van der Waals surface area contributed by atoms with Crippen molar-refractivity contribution in [3.63, 3.8) is 0 Å². The van der Waals surface area contributed by atoms with Crippen molar-refractivity contribution in [1.82, 2.24) is 14.7 Å². The Morgan fingerprint density at radius 3 is 2.29 bits per heavy atom. The van der Waals surface area contributed by atoms with Gasteiger partial charge in [0.15, 0.2) is 0 Å². The molecule has 0 aromatic heterocycles. The predicted octanol–water partition coefficient (Wildman–Crippen LogP) is 0.413. The van der Waals surface area contributed by atoms with Gasteiger partial charge in [0.05, 0.1) is 0 Å². The number of amides is 2.